The Balaban J connectivity index is 4.31. The number of nitro groups is 1. The fraction of sp³-hybridized carbons (Fsp3) is 1.00. The molecule has 0 fully saturated rings. The molecule has 0 aromatic heterocycles. The molecule has 60 valence electrons. The highest BCUT2D eigenvalue weighted by Crippen LogP contribution is 2.11. The molecule has 0 heterocycles. The Bertz CT molecular complexity index is 113. The van der Waals surface area contributed by atoms with Crippen molar-refractivity contribution in [3.8, 4) is 0 Å². The van der Waals surface area contributed by atoms with Gasteiger partial charge in [-0.25, -0.2) is 0 Å². The van der Waals surface area contributed by atoms with Gasteiger partial charge in [-0.15, -0.1) is 0 Å². The average molecular weight is 151 g/mol. The first-order valence-electron chi connectivity index (χ1n) is 2.43. The first-order valence-corrected chi connectivity index (χ1v) is 2.43. The van der Waals surface area contributed by atoms with Crippen molar-refractivity contribution in [2.75, 3.05) is 21.3 Å². The molecule has 0 bridgehead atoms. The zero-order valence-electron chi connectivity index (χ0n) is 5.99. The lowest BCUT2D eigenvalue weighted by atomic mass is 10.9. The van der Waals surface area contributed by atoms with Crippen LogP contribution >= 0.6 is 0 Å². The number of rotatable bonds is 4. The summed E-state index contributed by atoms with van der Waals surface area (Å²) in [6.45, 7) is 0. The molecule has 0 aliphatic carbocycles. The monoisotopic (exact) mass is 151 g/mol. The second kappa shape index (κ2) is 3.45. The van der Waals surface area contributed by atoms with E-state index in [2.05, 4.69) is 14.2 Å². The number of methoxy groups -OCH3 is 3. The summed E-state index contributed by atoms with van der Waals surface area (Å²) in [5.41, 5.74) is 0. The molecule has 0 unspecified atom stereocenters. The highest BCUT2D eigenvalue weighted by atomic mass is 16.9. The summed E-state index contributed by atoms with van der Waals surface area (Å²) in [5.74, 6) is 0. The van der Waals surface area contributed by atoms with Gasteiger partial charge in [0.1, 0.15) is 4.92 Å². The van der Waals surface area contributed by atoms with E-state index in [1.165, 1.54) is 0 Å². The number of ether oxygens (including phenoxy) is 3. The zero-order valence-corrected chi connectivity index (χ0v) is 5.99. The first-order chi connectivity index (χ1) is 4.63. The van der Waals surface area contributed by atoms with Crippen LogP contribution in [-0.4, -0.2) is 32.3 Å². The van der Waals surface area contributed by atoms with Gasteiger partial charge in [0.15, 0.2) is 0 Å². The van der Waals surface area contributed by atoms with Crippen molar-refractivity contribution in [3.05, 3.63) is 10.1 Å². The van der Waals surface area contributed by atoms with Gasteiger partial charge in [-0.05, 0) is 0 Å². The Morgan fingerprint density at radius 3 is 1.50 bits per heavy atom. The average Bonchev–Trinajstić information content (AvgIpc) is 1.92. The largest absolute Gasteiger partial charge is 0.573 e. The lowest BCUT2D eigenvalue weighted by Crippen LogP contribution is -2.44. The molecule has 0 saturated heterocycles. The lowest BCUT2D eigenvalue weighted by molar-refractivity contribution is -0.749. The maximum atomic E-state index is 10.1. The van der Waals surface area contributed by atoms with Crippen molar-refractivity contribution in [1.29, 1.82) is 0 Å². The molecule has 6 nitrogen and oxygen atoms in total. The molecular weight excluding hydrogens is 142 g/mol. The molecule has 0 amide bonds. The van der Waals surface area contributed by atoms with Crippen molar-refractivity contribution < 1.29 is 19.1 Å². The molecule has 0 radical (unpaired) electrons. The van der Waals surface area contributed by atoms with Crippen LogP contribution in [0.5, 0.6) is 0 Å². The third-order valence-electron chi connectivity index (χ3n) is 0.997. The van der Waals surface area contributed by atoms with Crippen LogP contribution in [0.1, 0.15) is 0 Å². The lowest BCUT2D eigenvalue weighted by Gasteiger charge is -2.17. The van der Waals surface area contributed by atoms with Gasteiger partial charge < -0.3 is 0 Å². The molecule has 0 spiro atoms. The Labute approximate surface area is 57.8 Å². The van der Waals surface area contributed by atoms with Crippen LogP contribution in [-0.2, 0) is 14.2 Å². The smallest absolute Gasteiger partial charge is 0.268 e. The summed E-state index contributed by atoms with van der Waals surface area (Å²) in [5, 5.41) is 10.1. The second-order valence-corrected chi connectivity index (χ2v) is 1.39. The van der Waals surface area contributed by atoms with Crippen LogP contribution in [0.15, 0.2) is 0 Å². The topological polar surface area (TPSA) is 70.8 Å². The highest BCUT2D eigenvalue weighted by molar-refractivity contribution is 4.31. The molecule has 0 aliphatic heterocycles. The van der Waals surface area contributed by atoms with Crippen molar-refractivity contribution in [2.24, 2.45) is 0 Å². The van der Waals surface area contributed by atoms with Gasteiger partial charge in [0, 0.05) is 21.3 Å². The summed E-state index contributed by atoms with van der Waals surface area (Å²) in [6, 6.07) is 0. The molecule has 0 atom stereocenters. The summed E-state index contributed by atoms with van der Waals surface area (Å²) >= 11 is 0. The summed E-state index contributed by atoms with van der Waals surface area (Å²) < 4.78 is 13.1. The predicted octanol–water partition coefficient (Wildman–Crippen LogP) is -0.186. The van der Waals surface area contributed by atoms with E-state index < -0.39 is 11.0 Å². The normalized spacial score (nSPS) is 11.5. The summed E-state index contributed by atoms with van der Waals surface area (Å²) in [4.78, 5) is 9.33. The molecule has 0 aliphatic rings. The van der Waals surface area contributed by atoms with Crippen LogP contribution in [0.3, 0.4) is 0 Å². The van der Waals surface area contributed by atoms with E-state index in [-0.39, 0.29) is 0 Å². The van der Waals surface area contributed by atoms with E-state index in [4.69, 9.17) is 0 Å². The van der Waals surface area contributed by atoms with Gasteiger partial charge in [-0.1, -0.05) is 0 Å². The van der Waals surface area contributed by atoms with Crippen LogP contribution in [0.4, 0.5) is 0 Å². The van der Waals surface area contributed by atoms with Gasteiger partial charge in [-0.2, -0.15) is 0 Å². The Morgan fingerprint density at radius 2 is 1.50 bits per heavy atom. The third kappa shape index (κ3) is 1.41. The van der Waals surface area contributed by atoms with Gasteiger partial charge in [0.2, 0.25) is 0 Å². The Kier molecular flexibility index (Phi) is 3.20. The Hall–Kier alpha value is -0.720. The molecule has 0 saturated carbocycles. The molecule has 10 heavy (non-hydrogen) atoms. The van der Waals surface area contributed by atoms with E-state index in [9.17, 15) is 10.1 Å². The van der Waals surface area contributed by atoms with E-state index in [1.807, 2.05) is 0 Å². The van der Waals surface area contributed by atoms with Crippen LogP contribution in [0.2, 0.25) is 0 Å². The molecule has 0 aromatic carbocycles. The summed E-state index contributed by atoms with van der Waals surface area (Å²) in [6.07, 6.45) is -2.15. The van der Waals surface area contributed by atoms with Crippen LogP contribution in [0.25, 0.3) is 0 Å². The van der Waals surface area contributed by atoms with Gasteiger partial charge in [0.25, 0.3) is 0 Å². The standard InChI is InChI=1S/C4H9NO5/c1-8-4(9-2,10-3)5(6)7/h1-3H3. The minimum absolute atomic E-state index is 0.812. The minimum atomic E-state index is -2.15. The van der Waals surface area contributed by atoms with E-state index >= 15 is 0 Å². The van der Waals surface area contributed by atoms with E-state index in [1.54, 1.807) is 0 Å². The first kappa shape index (κ1) is 9.28. The minimum Gasteiger partial charge on any atom is -0.268 e. The molecule has 6 heteroatoms. The second-order valence-electron chi connectivity index (χ2n) is 1.39. The zero-order chi connectivity index (χ0) is 8.20. The molecular formula is C4H9NO5. The predicted molar refractivity (Wildman–Crippen MR) is 30.8 cm³/mol. The maximum Gasteiger partial charge on any atom is 0.573 e. The fourth-order valence-electron chi connectivity index (χ4n) is 0.474. The fourth-order valence-corrected chi connectivity index (χ4v) is 0.474. The highest BCUT2D eigenvalue weighted by Gasteiger charge is 2.45. The van der Waals surface area contributed by atoms with Gasteiger partial charge >= 0.3 is 6.10 Å². The van der Waals surface area contributed by atoms with Crippen molar-refractivity contribution in [2.45, 2.75) is 6.10 Å². The van der Waals surface area contributed by atoms with Crippen molar-refractivity contribution >= 4 is 0 Å². The van der Waals surface area contributed by atoms with Gasteiger partial charge in [-0.3, -0.25) is 24.3 Å². The van der Waals surface area contributed by atoms with Crippen LogP contribution < -0.4 is 0 Å². The molecule has 0 N–H and O–H groups in total. The third-order valence-corrected chi connectivity index (χ3v) is 0.997. The Morgan fingerprint density at radius 1 is 1.20 bits per heavy atom. The van der Waals surface area contributed by atoms with E-state index in [0.29, 0.717) is 0 Å². The molecule has 0 rings (SSSR count). The quantitative estimate of drug-likeness (QED) is 0.316. The van der Waals surface area contributed by atoms with Crippen molar-refractivity contribution in [3.63, 3.8) is 0 Å². The van der Waals surface area contributed by atoms with Crippen molar-refractivity contribution in [1.82, 2.24) is 0 Å². The SMILES string of the molecule is COC(OC)(OC)[N+](=O)[O-]. The number of hydrogen-bond donors (Lipinski definition) is 0. The van der Waals surface area contributed by atoms with Gasteiger partial charge in [0.05, 0.1) is 0 Å². The number of hydrogen-bond acceptors (Lipinski definition) is 5. The van der Waals surface area contributed by atoms with Crippen LogP contribution in [0, 0.1) is 10.1 Å². The molecule has 0 aromatic rings. The summed E-state index contributed by atoms with van der Waals surface area (Å²) in [7, 11) is 3.36. The number of nitrogens with zero attached hydrogens (tertiary/aromatic N) is 1. The maximum absolute atomic E-state index is 10.1. The van der Waals surface area contributed by atoms with E-state index in [0.717, 1.165) is 21.3 Å².